The topological polar surface area (TPSA) is 49.7 Å². The van der Waals surface area contributed by atoms with E-state index in [0.717, 1.165) is 0 Å². The van der Waals surface area contributed by atoms with Crippen molar-refractivity contribution >= 4 is 8.32 Å². The highest BCUT2D eigenvalue weighted by Crippen LogP contribution is 2.36. The Labute approximate surface area is 88.2 Å². The third-order valence-electron chi connectivity index (χ3n) is 2.98. The third-order valence-corrected chi connectivity index (χ3v) is 7.48. The molecule has 0 amide bonds. The van der Waals surface area contributed by atoms with Gasteiger partial charge in [0.2, 0.25) is 0 Å². The Morgan fingerprint density at radius 2 is 1.64 bits per heavy atom. The van der Waals surface area contributed by atoms with Crippen molar-refractivity contribution in [1.82, 2.24) is 0 Å². The first-order valence-electron chi connectivity index (χ1n) is 5.08. The van der Waals surface area contributed by atoms with Crippen molar-refractivity contribution in [2.24, 2.45) is 0 Å². The van der Waals surface area contributed by atoms with Crippen molar-refractivity contribution in [1.29, 1.82) is 0 Å². The average Bonchev–Trinajstić information content (AvgIpc) is 1.97. The number of rotatable bonds is 4. The quantitative estimate of drug-likeness (QED) is 0.710. The van der Waals surface area contributed by atoms with Gasteiger partial charge in [-0.3, -0.25) is 0 Å². The first-order valence-corrected chi connectivity index (χ1v) is 7.99. The van der Waals surface area contributed by atoms with Crippen LogP contribution in [0.15, 0.2) is 0 Å². The molecule has 0 aromatic heterocycles. The van der Waals surface area contributed by atoms with Crippen LogP contribution in [0.1, 0.15) is 27.7 Å². The predicted molar refractivity (Wildman–Crippen MR) is 60.8 cm³/mol. The fourth-order valence-corrected chi connectivity index (χ4v) is 1.67. The minimum absolute atomic E-state index is 0.144. The molecule has 2 atom stereocenters. The molecule has 0 aliphatic rings. The standard InChI is InChI=1S/C10H24O3Si/c1-8(11)9(12)7-13-14(5,6)10(2,3)4/h8-9,11-12H,7H2,1-6H3/t8-,9-/m1/s1. The number of aliphatic hydroxyl groups excluding tert-OH is 2. The molecule has 0 heterocycles. The Morgan fingerprint density at radius 3 is 1.93 bits per heavy atom. The number of hydrogen-bond acceptors (Lipinski definition) is 3. The molecule has 4 heteroatoms. The lowest BCUT2D eigenvalue weighted by atomic mass is 10.2. The van der Waals surface area contributed by atoms with Gasteiger partial charge in [0, 0.05) is 0 Å². The van der Waals surface area contributed by atoms with Crippen LogP contribution in [0.2, 0.25) is 18.1 Å². The van der Waals surface area contributed by atoms with Crippen LogP contribution in [0.4, 0.5) is 0 Å². The molecule has 0 rings (SSSR count). The largest absolute Gasteiger partial charge is 0.414 e. The molecule has 0 spiro atoms. The van der Waals surface area contributed by atoms with Gasteiger partial charge in [0.25, 0.3) is 0 Å². The Balaban J connectivity index is 4.13. The van der Waals surface area contributed by atoms with E-state index in [2.05, 4.69) is 33.9 Å². The molecule has 0 saturated heterocycles. The van der Waals surface area contributed by atoms with Gasteiger partial charge < -0.3 is 14.6 Å². The third kappa shape index (κ3) is 4.08. The van der Waals surface area contributed by atoms with Crippen molar-refractivity contribution in [2.75, 3.05) is 6.61 Å². The molecule has 0 saturated carbocycles. The van der Waals surface area contributed by atoms with Crippen LogP contribution in [0.5, 0.6) is 0 Å². The second-order valence-corrected chi connectivity index (χ2v) is 10.2. The maximum Gasteiger partial charge on any atom is 0.192 e. The number of aliphatic hydroxyl groups is 2. The van der Waals surface area contributed by atoms with Gasteiger partial charge in [-0.25, -0.2) is 0 Å². The molecule has 0 radical (unpaired) electrons. The summed E-state index contributed by atoms with van der Waals surface area (Å²) in [6, 6.07) is 0. The van der Waals surface area contributed by atoms with E-state index in [1.165, 1.54) is 0 Å². The summed E-state index contributed by atoms with van der Waals surface area (Å²) in [4.78, 5) is 0. The highest BCUT2D eigenvalue weighted by Gasteiger charge is 2.37. The summed E-state index contributed by atoms with van der Waals surface area (Å²) in [6.45, 7) is 12.5. The summed E-state index contributed by atoms with van der Waals surface area (Å²) >= 11 is 0. The fourth-order valence-electron chi connectivity index (χ4n) is 0.649. The average molecular weight is 220 g/mol. The van der Waals surface area contributed by atoms with Crippen molar-refractivity contribution in [3.05, 3.63) is 0 Å². The van der Waals surface area contributed by atoms with Crippen LogP contribution in [0.3, 0.4) is 0 Å². The first-order chi connectivity index (χ1) is 6.08. The zero-order valence-corrected chi connectivity index (χ0v) is 11.2. The second-order valence-electron chi connectivity index (χ2n) is 5.38. The molecule has 0 fully saturated rings. The maximum atomic E-state index is 9.40. The smallest absolute Gasteiger partial charge is 0.192 e. The molecule has 0 aromatic rings. The second kappa shape index (κ2) is 4.75. The molecule has 2 N–H and O–H groups in total. The van der Waals surface area contributed by atoms with Crippen LogP contribution in [-0.4, -0.2) is 37.3 Å². The predicted octanol–water partition coefficient (Wildman–Crippen LogP) is 1.75. The van der Waals surface area contributed by atoms with Crippen molar-refractivity contribution in [3.63, 3.8) is 0 Å². The van der Waals surface area contributed by atoms with E-state index in [4.69, 9.17) is 9.53 Å². The van der Waals surface area contributed by atoms with Gasteiger partial charge in [-0.05, 0) is 25.1 Å². The summed E-state index contributed by atoms with van der Waals surface area (Å²) in [6.07, 6.45) is -1.50. The Hall–Kier alpha value is 0.0969. The lowest BCUT2D eigenvalue weighted by Gasteiger charge is -2.37. The van der Waals surface area contributed by atoms with E-state index in [9.17, 15) is 5.11 Å². The highest BCUT2D eigenvalue weighted by molar-refractivity contribution is 6.74. The molecular formula is C10H24O3Si. The molecule has 3 nitrogen and oxygen atoms in total. The van der Waals surface area contributed by atoms with E-state index >= 15 is 0 Å². The van der Waals surface area contributed by atoms with Gasteiger partial charge in [-0.15, -0.1) is 0 Å². The normalized spacial score (nSPS) is 18.0. The Morgan fingerprint density at radius 1 is 1.21 bits per heavy atom. The van der Waals surface area contributed by atoms with E-state index in [0.29, 0.717) is 0 Å². The van der Waals surface area contributed by atoms with E-state index in [-0.39, 0.29) is 11.6 Å². The molecular weight excluding hydrogens is 196 g/mol. The molecule has 0 bridgehead atoms. The zero-order chi connectivity index (χ0) is 11.6. The van der Waals surface area contributed by atoms with Crippen molar-refractivity contribution in [3.8, 4) is 0 Å². The Kier molecular flexibility index (Phi) is 4.78. The number of hydrogen-bond donors (Lipinski definition) is 2. The minimum Gasteiger partial charge on any atom is -0.414 e. The van der Waals surface area contributed by atoms with Crippen molar-refractivity contribution in [2.45, 2.75) is 58.0 Å². The zero-order valence-electron chi connectivity index (χ0n) is 10.2. The lowest BCUT2D eigenvalue weighted by Crippen LogP contribution is -2.44. The fraction of sp³-hybridized carbons (Fsp3) is 1.00. The molecule has 14 heavy (non-hydrogen) atoms. The first kappa shape index (κ1) is 14.1. The molecule has 86 valence electrons. The Bertz CT molecular complexity index is 173. The molecule has 0 unspecified atom stereocenters. The lowest BCUT2D eigenvalue weighted by molar-refractivity contribution is -0.000982. The molecule has 0 aliphatic carbocycles. The molecule has 0 aromatic carbocycles. The monoisotopic (exact) mass is 220 g/mol. The van der Waals surface area contributed by atoms with E-state index in [1.54, 1.807) is 6.92 Å². The van der Waals surface area contributed by atoms with Gasteiger partial charge in [-0.2, -0.15) is 0 Å². The summed E-state index contributed by atoms with van der Waals surface area (Å²) < 4.78 is 5.75. The summed E-state index contributed by atoms with van der Waals surface area (Å²) in [5, 5.41) is 18.7. The van der Waals surface area contributed by atoms with Gasteiger partial charge >= 0.3 is 0 Å². The maximum absolute atomic E-state index is 9.40. The minimum atomic E-state index is -1.78. The van der Waals surface area contributed by atoms with Gasteiger partial charge in [0.15, 0.2) is 8.32 Å². The van der Waals surface area contributed by atoms with Gasteiger partial charge in [-0.1, -0.05) is 20.8 Å². The molecule has 0 aliphatic heterocycles. The van der Waals surface area contributed by atoms with Crippen LogP contribution in [0, 0.1) is 0 Å². The van der Waals surface area contributed by atoms with Crippen LogP contribution in [-0.2, 0) is 4.43 Å². The summed E-state index contributed by atoms with van der Waals surface area (Å²) in [5.74, 6) is 0. The van der Waals surface area contributed by atoms with Crippen LogP contribution < -0.4 is 0 Å². The summed E-state index contributed by atoms with van der Waals surface area (Å²) in [5.41, 5.74) is 0. The van der Waals surface area contributed by atoms with Crippen LogP contribution >= 0.6 is 0 Å². The van der Waals surface area contributed by atoms with Gasteiger partial charge in [0.1, 0.15) is 6.10 Å². The highest BCUT2D eigenvalue weighted by atomic mass is 28.4. The van der Waals surface area contributed by atoms with Crippen molar-refractivity contribution < 1.29 is 14.6 Å². The SMILES string of the molecule is C[C@@H](O)[C@H](O)CO[Si](C)(C)C(C)(C)C. The van der Waals surface area contributed by atoms with Crippen LogP contribution in [0.25, 0.3) is 0 Å². The van der Waals surface area contributed by atoms with Gasteiger partial charge in [0.05, 0.1) is 12.7 Å². The van der Waals surface area contributed by atoms with E-state index in [1.807, 2.05) is 0 Å². The summed E-state index contributed by atoms with van der Waals surface area (Å²) in [7, 11) is -1.78. The van der Waals surface area contributed by atoms with E-state index < -0.39 is 20.5 Å².